The topological polar surface area (TPSA) is 54.9 Å². The number of halogens is 1. The molecule has 4 nitrogen and oxygen atoms in total. The van der Waals surface area contributed by atoms with Crippen LogP contribution in [0.1, 0.15) is 33.5 Å². The average molecular weight is 340 g/mol. The van der Waals surface area contributed by atoms with E-state index in [0.717, 1.165) is 20.7 Å². The van der Waals surface area contributed by atoms with Gasteiger partial charge in [-0.2, -0.15) is 10.2 Å². The van der Waals surface area contributed by atoms with Crippen molar-refractivity contribution >= 4 is 33.2 Å². The summed E-state index contributed by atoms with van der Waals surface area (Å²) in [6, 6.07) is 3.78. The maximum Gasteiger partial charge on any atom is 0.253 e. The highest BCUT2D eigenvalue weighted by Crippen LogP contribution is 2.19. The molecule has 0 bridgehead atoms. The smallest absolute Gasteiger partial charge is 0.253 e. The lowest BCUT2D eigenvalue weighted by molar-refractivity contribution is 0.0949. The van der Waals surface area contributed by atoms with Gasteiger partial charge in [0.05, 0.1) is 23.5 Å². The Morgan fingerprint density at radius 3 is 2.84 bits per heavy atom. The Morgan fingerprint density at radius 2 is 2.21 bits per heavy atom. The minimum Gasteiger partial charge on any atom is -0.347 e. The predicted molar refractivity (Wildman–Crippen MR) is 79.3 cm³/mol. The molecule has 0 aromatic carbocycles. The standard InChI is InChI=1S/C13H14BrN3OS/c1-3-12-11(4-8(2)16-17-12)13(18)15-6-10-5-9(14)7-19-10/h4-5,7H,3,6H2,1-2H3,(H,15,18). The van der Waals surface area contributed by atoms with Crippen molar-refractivity contribution in [2.24, 2.45) is 0 Å². The van der Waals surface area contributed by atoms with Crippen LogP contribution in [0.2, 0.25) is 0 Å². The molecule has 100 valence electrons. The SMILES string of the molecule is CCc1nnc(C)cc1C(=O)NCc1cc(Br)cs1. The van der Waals surface area contributed by atoms with Gasteiger partial charge >= 0.3 is 0 Å². The molecule has 0 saturated carbocycles. The van der Waals surface area contributed by atoms with Gasteiger partial charge < -0.3 is 5.32 Å². The number of carbonyl (C=O) groups excluding carboxylic acids is 1. The Kier molecular flexibility index (Phi) is 4.66. The molecule has 0 spiro atoms. The van der Waals surface area contributed by atoms with Gasteiger partial charge in [0.25, 0.3) is 5.91 Å². The molecule has 0 unspecified atom stereocenters. The molecule has 2 aromatic heterocycles. The lowest BCUT2D eigenvalue weighted by atomic mass is 10.1. The first-order valence-corrected chi connectivity index (χ1v) is 7.61. The van der Waals surface area contributed by atoms with E-state index in [0.29, 0.717) is 18.5 Å². The van der Waals surface area contributed by atoms with E-state index in [1.807, 2.05) is 25.3 Å². The molecule has 0 aliphatic heterocycles. The fraction of sp³-hybridized carbons (Fsp3) is 0.308. The van der Waals surface area contributed by atoms with Crippen molar-refractivity contribution in [3.05, 3.63) is 43.8 Å². The van der Waals surface area contributed by atoms with E-state index in [2.05, 4.69) is 31.4 Å². The van der Waals surface area contributed by atoms with Crippen LogP contribution < -0.4 is 5.32 Å². The van der Waals surface area contributed by atoms with Crippen molar-refractivity contribution in [1.29, 1.82) is 0 Å². The largest absolute Gasteiger partial charge is 0.347 e. The van der Waals surface area contributed by atoms with E-state index in [-0.39, 0.29) is 5.91 Å². The van der Waals surface area contributed by atoms with Gasteiger partial charge in [-0.3, -0.25) is 4.79 Å². The summed E-state index contributed by atoms with van der Waals surface area (Å²) in [5, 5.41) is 13.0. The number of carbonyl (C=O) groups is 1. The highest BCUT2D eigenvalue weighted by molar-refractivity contribution is 9.10. The third-order valence-corrected chi connectivity index (χ3v) is 4.31. The zero-order valence-electron chi connectivity index (χ0n) is 10.7. The van der Waals surface area contributed by atoms with Crippen LogP contribution in [-0.2, 0) is 13.0 Å². The summed E-state index contributed by atoms with van der Waals surface area (Å²) < 4.78 is 1.04. The number of rotatable bonds is 4. The lowest BCUT2D eigenvalue weighted by Crippen LogP contribution is -2.24. The third kappa shape index (κ3) is 3.61. The lowest BCUT2D eigenvalue weighted by Gasteiger charge is -2.07. The number of nitrogens with one attached hydrogen (secondary N) is 1. The quantitative estimate of drug-likeness (QED) is 0.931. The van der Waals surface area contributed by atoms with Crippen LogP contribution in [0, 0.1) is 6.92 Å². The van der Waals surface area contributed by atoms with E-state index < -0.39 is 0 Å². The fourth-order valence-electron chi connectivity index (χ4n) is 1.68. The molecule has 1 amide bonds. The monoisotopic (exact) mass is 339 g/mol. The number of amides is 1. The molecule has 0 saturated heterocycles. The van der Waals surface area contributed by atoms with Gasteiger partial charge in [0.2, 0.25) is 0 Å². The molecule has 0 aliphatic carbocycles. The molecular weight excluding hydrogens is 326 g/mol. The van der Waals surface area contributed by atoms with Crippen molar-refractivity contribution in [2.45, 2.75) is 26.8 Å². The number of aryl methyl sites for hydroxylation is 2. The second-order valence-electron chi connectivity index (χ2n) is 4.11. The average Bonchev–Trinajstić information content (AvgIpc) is 2.81. The van der Waals surface area contributed by atoms with Gasteiger partial charge in [-0.05, 0) is 41.4 Å². The summed E-state index contributed by atoms with van der Waals surface area (Å²) in [4.78, 5) is 13.3. The maximum atomic E-state index is 12.2. The van der Waals surface area contributed by atoms with Gasteiger partial charge in [0, 0.05) is 14.7 Å². The van der Waals surface area contributed by atoms with Crippen LogP contribution >= 0.6 is 27.3 Å². The van der Waals surface area contributed by atoms with Gasteiger partial charge in [0.1, 0.15) is 0 Å². The van der Waals surface area contributed by atoms with Crippen LogP contribution in [0.25, 0.3) is 0 Å². The number of aromatic nitrogens is 2. The van der Waals surface area contributed by atoms with E-state index >= 15 is 0 Å². The first-order chi connectivity index (χ1) is 9.10. The van der Waals surface area contributed by atoms with Crippen LogP contribution in [-0.4, -0.2) is 16.1 Å². The van der Waals surface area contributed by atoms with Crippen LogP contribution in [0.15, 0.2) is 22.0 Å². The summed E-state index contributed by atoms with van der Waals surface area (Å²) in [5.41, 5.74) is 2.10. The molecule has 6 heteroatoms. The van der Waals surface area contributed by atoms with Crippen molar-refractivity contribution in [3.63, 3.8) is 0 Å². The fourth-order valence-corrected chi connectivity index (χ4v) is 3.07. The highest BCUT2D eigenvalue weighted by atomic mass is 79.9. The Hall–Kier alpha value is -1.27. The molecule has 1 N–H and O–H groups in total. The van der Waals surface area contributed by atoms with E-state index in [1.165, 1.54) is 0 Å². The molecule has 2 heterocycles. The van der Waals surface area contributed by atoms with Crippen molar-refractivity contribution in [1.82, 2.24) is 15.5 Å². The third-order valence-electron chi connectivity index (χ3n) is 2.62. The predicted octanol–water partition coefficient (Wildman–Crippen LogP) is 3.10. The molecule has 19 heavy (non-hydrogen) atoms. The van der Waals surface area contributed by atoms with E-state index in [9.17, 15) is 4.79 Å². The molecule has 0 radical (unpaired) electrons. The van der Waals surface area contributed by atoms with Crippen LogP contribution in [0.5, 0.6) is 0 Å². The second kappa shape index (κ2) is 6.25. The Morgan fingerprint density at radius 1 is 1.42 bits per heavy atom. The molecular formula is C13H14BrN3OS. The minimum atomic E-state index is -0.0978. The molecule has 0 atom stereocenters. The first-order valence-electron chi connectivity index (χ1n) is 5.94. The Labute approximate surface area is 124 Å². The first kappa shape index (κ1) is 14.1. The minimum absolute atomic E-state index is 0.0978. The maximum absolute atomic E-state index is 12.2. The van der Waals surface area contributed by atoms with Crippen LogP contribution in [0.4, 0.5) is 0 Å². The second-order valence-corrected chi connectivity index (χ2v) is 6.03. The van der Waals surface area contributed by atoms with Crippen molar-refractivity contribution in [3.8, 4) is 0 Å². The van der Waals surface area contributed by atoms with Gasteiger partial charge in [-0.1, -0.05) is 6.92 Å². The number of hydrogen-bond acceptors (Lipinski definition) is 4. The molecule has 2 rings (SSSR count). The molecule has 2 aromatic rings. The zero-order chi connectivity index (χ0) is 13.8. The zero-order valence-corrected chi connectivity index (χ0v) is 13.1. The summed E-state index contributed by atoms with van der Waals surface area (Å²) in [6.45, 7) is 4.33. The van der Waals surface area contributed by atoms with Gasteiger partial charge in [-0.25, -0.2) is 0 Å². The summed E-state index contributed by atoms with van der Waals surface area (Å²) >= 11 is 5.01. The summed E-state index contributed by atoms with van der Waals surface area (Å²) in [7, 11) is 0. The van der Waals surface area contributed by atoms with Crippen molar-refractivity contribution in [2.75, 3.05) is 0 Å². The normalized spacial score (nSPS) is 10.5. The summed E-state index contributed by atoms with van der Waals surface area (Å²) in [5.74, 6) is -0.0978. The van der Waals surface area contributed by atoms with E-state index in [4.69, 9.17) is 0 Å². The van der Waals surface area contributed by atoms with Gasteiger partial charge in [-0.15, -0.1) is 11.3 Å². The number of thiophene rings is 1. The Bertz CT molecular complexity index is 597. The Balaban J connectivity index is 2.09. The number of nitrogens with zero attached hydrogens (tertiary/aromatic N) is 2. The highest BCUT2D eigenvalue weighted by Gasteiger charge is 2.12. The summed E-state index contributed by atoms with van der Waals surface area (Å²) in [6.07, 6.45) is 0.695. The molecule has 0 fully saturated rings. The van der Waals surface area contributed by atoms with Crippen LogP contribution in [0.3, 0.4) is 0 Å². The molecule has 0 aliphatic rings. The van der Waals surface area contributed by atoms with Crippen molar-refractivity contribution < 1.29 is 4.79 Å². The number of hydrogen-bond donors (Lipinski definition) is 1. The van der Waals surface area contributed by atoms with E-state index in [1.54, 1.807) is 17.4 Å². The van der Waals surface area contributed by atoms with Gasteiger partial charge in [0.15, 0.2) is 0 Å².